The van der Waals surface area contributed by atoms with Gasteiger partial charge in [0.15, 0.2) is 0 Å². The van der Waals surface area contributed by atoms with E-state index in [1.807, 2.05) is 0 Å². The second kappa shape index (κ2) is 16.1. The summed E-state index contributed by atoms with van der Waals surface area (Å²) in [5, 5.41) is 0. The van der Waals surface area contributed by atoms with Crippen LogP contribution in [-0.4, -0.2) is 8.80 Å². The van der Waals surface area contributed by atoms with Gasteiger partial charge in [0.05, 0.1) is 0 Å². The molecular weight excluding hydrogens is 229 g/mol. The molecule has 0 fully saturated rings. The maximum atomic E-state index is 10.2. The standard InChI is InChI=1S/C7H15O3Si.3Na/c1-2-3-4-5-6-7-11(8,9)10;;;/h2-7H2,1H3;;;/q-3;3*+1. The number of hydrogen-bond donors (Lipinski definition) is 0. The van der Waals surface area contributed by atoms with Crippen molar-refractivity contribution in [1.82, 2.24) is 0 Å². The third-order valence-corrected chi connectivity index (χ3v) is 2.55. The van der Waals surface area contributed by atoms with Gasteiger partial charge in [0.1, 0.15) is 0 Å². The first-order valence-electron chi connectivity index (χ1n) is 4.17. The molecule has 0 spiro atoms. The van der Waals surface area contributed by atoms with E-state index in [0.29, 0.717) is 6.42 Å². The maximum absolute atomic E-state index is 10.2. The van der Waals surface area contributed by atoms with Crippen LogP contribution in [0.5, 0.6) is 0 Å². The predicted molar refractivity (Wildman–Crippen MR) is 39.3 cm³/mol. The first kappa shape index (κ1) is 25.8. The van der Waals surface area contributed by atoms with E-state index < -0.39 is 8.80 Å². The molecule has 0 heterocycles. The summed E-state index contributed by atoms with van der Waals surface area (Å²) < 4.78 is 0. The monoisotopic (exact) mass is 244 g/mol. The molecule has 14 heavy (non-hydrogen) atoms. The Labute approximate surface area is 154 Å². The summed E-state index contributed by atoms with van der Waals surface area (Å²) in [5.74, 6) is 0. The van der Waals surface area contributed by atoms with Crippen LogP contribution in [0.1, 0.15) is 39.0 Å². The van der Waals surface area contributed by atoms with Crippen molar-refractivity contribution in [2.75, 3.05) is 0 Å². The minimum absolute atomic E-state index is 0. The summed E-state index contributed by atoms with van der Waals surface area (Å²) in [7, 11) is -4.47. The van der Waals surface area contributed by atoms with Gasteiger partial charge >= 0.3 is 88.7 Å². The van der Waals surface area contributed by atoms with Crippen molar-refractivity contribution in [2.24, 2.45) is 0 Å². The Morgan fingerprint density at radius 1 is 0.786 bits per heavy atom. The van der Waals surface area contributed by atoms with Gasteiger partial charge in [-0.2, -0.15) is 0 Å². The van der Waals surface area contributed by atoms with Crippen molar-refractivity contribution >= 4 is 8.80 Å². The predicted octanol–water partition coefficient (Wildman–Crippen LogP) is -10.0. The normalized spacial score (nSPS) is 9.43. The molecule has 0 aromatic heterocycles. The Bertz CT molecular complexity index is 101. The molecule has 0 atom stereocenters. The molecule has 0 rings (SSSR count). The van der Waals surface area contributed by atoms with Crippen molar-refractivity contribution in [3.8, 4) is 0 Å². The van der Waals surface area contributed by atoms with Gasteiger partial charge in [-0.1, -0.05) is 39.0 Å². The van der Waals surface area contributed by atoms with Crippen LogP contribution in [0.2, 0.25) is 6.04 Å². The minimum Gasteiger partial charge on any atom is -0.881 e. The quantitative estimate of drug-likeness (QED) is 0.344. The van der Waals surface area contributed by atoms with Crippen LogP contribution in [0.25, 0.3) is 0 Å². The smallest absolute Gasteiger partial charge is 0.881 e. The summed E-state index contributed by atoms with van der Waals surface area (Å²) >= 11 is 0. The first-order valence-corrected chi connectivity index (χ1v) is 6.10. The molecule has 0 radical (unpaired) electrons. The van der Waals surface area contributed by atoms with E-state index in [2.05, 4.69) is 6.92 Å². The molecule has 0 aliphatic rings. The summed E-state index contributed by atoms with van der Waals surface area (Å²) in [6.45, 7) is 2.09. The molecule has 0 aliphatic heterocycles. The third-order valence-electron chi connectivity index (χ3n) is 1.59. The minimum atomic E-state index is -4.47. The molecular formula is C7H15Na3O3Si. The van der Waals surface area contributed by atoms with E-state index in [4.69, 9.17) is 0 Å². The molecule has 0 amide bonds. The molecule has 0 N–H and O–H groups in total. The van der Waals surface area contributed by atoms with Gasteiger partial charge in [-0.15, -0.1) is 6.04 Å². The number of unbranched alkanes of at least 4 members (excludes halogenated alkanes) is 4. The average Bonchev–Trinajstić information content (AvgIpc) is 1.85. The van der Waals surface area contributed by atoms with Crippen LogP contribution in [-0.2, 0) is 0 Å². The second-order valence-corrected chi connectivity index (χ2v) is 4.71. The molecule has 7 heteroatoms. The molecule has 0 saturated carbocycles. The Morgan fingerprint density at radius 3 is 1.57 bits per heavy atom. The Hall–Kier alpha value is 3.10. The topological polar surface area (TPSA) is 69.2 Å². The van der Waals surface area contributed by atoms with Gasteiger partial charge in [0.2, 0.25) is 0 Å². The van der Waals surface area contributed by atoms with Crippen LogP contribution in [0.4, 0.5) is 0 Å². The van der Waals surface area contributed by atoms with Crippen molar-refractivity contribution in [3.05, 3.63) is 0 Å². The van der Waals surface area contributed by atoms with E-state index in [1.54, 1.807) is 0 Å². The van der Waals surface area contributed by atoms with Crippen LogP contribution < -0.4 is 103 Å². The fourth-order valence-electron chi connectivity index (χ4n) is 0.945. The molecule has 0 aliphatic carbocycles. The van der Waals surface area contributed by atoms with Gasteiger partial charge in [-0.25, -0.2) is 0 Å². The Morgan fingerprint density at radius 2 is 1.21 bits per heavy atom. The first-order chi connectivity index (χ1) is 5.06. The van der Waals surface area contributed by atoms with Crippen molar-refractivity contribution in [1.29, 1.82) is 0 Å². The average molecular weight is 244 g/mol. The Kier molecular flexibility index (Phi) is 29.7. The van der Waals surface area contributed by atoms with Crippen molar-refractivity contribution in [2.45, 2.75) is 45.1 Å². The Balaban J connectivity index is -0.000000167. The van der Waals surface area contributed by atoms with Gasteiger partial charge in [0, 0.05) is 0 Å². The fourth-order valence-corrected chi connectivity index (χ4v) is 1.63. The van der Waals surface area contributed by atoms with Gasteiger partial charge in [-0.3, -0.25) is 8.80 Å². The zero-order valence-corrected chi connectivity index (χ0v) is 17.0. The van der Waals surface area contributed by atoms with Gasteiger partial charge in [0.25, 0.3) is 0 Å². The van der Waals surface area contributed by atoms with Crippen LogP contribution in [0.15, 0.2) is 0 Å². The molecule has 0 aromatic rings. The van der Waals surface area contributed by atoms with E-state index in [0.717, 1.165) is 25.7 Å². The zero-order chi connectivity index (χ0) is 8.74. The summed E-state index contributed by atoms with van der Waals surface area (Å²) in [6.07, 6.45) is 4.72. The van der Waals surface area contributed by atoms with Crippen LogP contribution in [0.3, 0.4) is 0 Å². The second-order valence-electron chi connectivity index (χ2n) is 2.85. The molecule has 0 bridgehead atoms. The largest absolute Gasteiger partial charge is 1.00 e. The van der Waals surface area contributed by atoms with E-state index in [-0.39, 0.29) is 94.7 Å². The van der Waals surface area contributed by atoms with Crippen LogP contribution in [0, 0.1) is 0 Å². The summed E-state index contributed by atoms with van der Waals surface area (Å²) in [6, 6.07) is -0.142. The number of rotatable bonds is 6. The van der Waals surface area contributed by atoms with Gasteiger partial charge < -0.3 is 14.4 Å². The fraction of sp³-hybridized carbons (Fsp3) is 1.00. The maximum Gasteiger partial charge on any atom is 1.00 e. The summed E-state index contributed by atoms with van der Waals surface area (Å²) in [4.78, 5) is 30.5. The van der Waals surface area contributed by atoms with E-state index in [9.17, 15) is 14.4 Å². The molecule has 3 nitrogen and oxygen atoms in total. The molecule has 0 saturated heterocycles. The van der Waals surface area contributed by atoms with E-state index >= 15 is 0 Å². The van der Waals surface area contributed by atoms with E-state index in [1.165, 1.54) is 0 Å². The van der Waals surface area contributed by atoms with Crippen molar-refractivity contribution in [3.63, 3.8) is 0 Å². The zero-order valence-electron chi connectivity index (χ0n) is 9.97. The molecule has 0 unspecified atom stereocenters. The van der Waals surface area contributed by atoms with Crippen molar-refractivity contribution < 1.29 is 103 Å². The third kappa shape index (κ3) is 24.4. The SMILES string of the molecule is CCCCCCC[Si]([O-])([O-])[O-].[Na+].[Na+].[Na+]. The number of hydrogen-bond acceptors (Lipinski definition) is 3. The van der Waals surface area contributed by atoms with Gasteiger partial charge in [-0.05, 0) is 0 Å². The molecule has 68 valence electrons. The summed E-state index contributed by atoms with van der Waals surface area (Å²) in [5.41, 5.74) is 0. The molecule has 0 aromatic carbocycles. The van der Waals surface area contributed by atoms with Crippen LogP contribution >= 0.6 is 0 Å².